The number of amides is 2. The predicted molar refractivity (Wildman–Crippen MR) is 122 cm³/mol. The van der Waals surface area contributed by atoms with Crippen LogP contribution in [0.2, 0.25) is 0 Å². The van der Waals surface area contributed by atoms with E-state index in [0.717, 1.165) is 23.4 Å². The summed E-state index contributed by atoms with van der Waals surface area (Å²) in [5.41, 5.74) is 2.35. The van der Waals surface area contributed by atoms with Gasteiger partial charge in [-0.2, -0.15) is 0 Å². The highest BCUT2D eigenvalue weighted by Gasteiger charge is 2.43. The van der Waals surface area contributed by atoms with Gasteiger partial charge in [-0.05, 0) is 37.1 Å². The van der Waals surface area contributed by atoms with Gasteiger partial charge in [-0.3, -0.25) is 14.6 Å². The lowest BCUT2D eigenvalue weighted by molar-refractivity contribution is -0.125. The van der Waals surface area contributed by atoms with E-state index in [1.54, 1.807) is 4.90 Å². The van der Waals surface area contributed by atoms with E-state index in [2.05, 4.69) is 12.2 Å². The van der Waals surface area contributed by atoms with E-state index in [4.69, 9.17) is 9.98 Å². The number of hydrogen-bond acceptors (Lipinski definition) is 5. The van der Waals surface area contributed by atoms with E-state index in [1.807, 2.05) is 68.4 Å². The molecule has 0 radical (unpaired) electrons. The predicted octanol–water partition coefficient (Wildman–Crippen LogP) is 4.45. The second kappa shape index (κ2) is 8.44. The van der Waals surface area contributed by atoms with Crippen LogP contribution in [0.25, 0.3) is 0 Å². The number of aliphatic imine (C=N–C) groups is 2. The number of anilines is 1. The molecule has 4 rings (SSSR count). The van der Waals surface area contributed by atoms with E-state index in [9.17, 15) is 9.59 Å². The Kier molecular flexibility index (Phi) is 5.72. The average Bonchev–Trinajstić information content (AvgIpc) is 3.11. The van der Waals surface area contributed by atoms with Crippen molar-refractivity contribution in [3.05, 3.63) is 60.2 Å². The number of amidine groups is 2. The van der Waals surface area contributed by atoms with Crippen molar-refractivity contribution in [1.82, 2.24) is 4.90 Å². The summed E-state index contributed by atoms with van der Waals surface area (Å²) in [5.74, 6) is 0.550. The van der Waals surface area contributed by atoms with Crippen molar-refractivity contribution in [3.63, 3.8) is 0 Å². The quantitative estimate of drug-likeness (QED) is 0.776. The molecule has 0 aromatic heterocycles. The molecule has 2 heterocycles. The van der Waals surface area contributed by atoms with Gasteiger partial charge in [0.2, 0.25) is 5.91 Å². The molecule has 0 saturated carbocycles. The number of nitrogens with one attached hydrogen (secondary N) is 1. The summed E-state index contributed by atoms with van der Waals surface area (Å²) in [5, 5.41) is 2.97. The van der Waals surface area contributed by atoms with Crippen molar-refractivity contribution in [2.24, 2.45) is 15.9 Å². The van der Waals surface area contributed by atoms with E-state index in [-0.39, 0.29) is 17.7 Å². The zero-order valence-corrected chi connectivity index (χ0v) is 18.0. The van der Waals surface area contributed by atoms with Crippen LogP contribution in [0.5, 0.6) is 0 Å². The van der Waals surface area contributed by atoms with E-state index >= 15 is 0 Å². The Balaban J connectivity index is 1.61. The summed E-state index contributed by atoms with van der Waals surface area (Å²) in [6.07, 6.45) is 0.859. The molecule has 1 N–H and O–H groups in total. The normalized spacial score (nSPS) is 19.4. The van der Waals surface area contributed by atoms with Crippen molar-refractivity contribution in [2.45, 2.75) is 38.5 Å². The molecule has 0 aliphatic carbocycles. The summed E-state index contributed by atoms with van der Waals surface area (Å²) >= 11 is 1.28. The summed E-state index contributed by atoms with van der Waals surface area (Å²) in [4.78, 5) is 37.0. The summed E-state index contributed by atoms with van der Waals surface area (Å²) < 4.78 is 0. The third-order valence-corrected chi connectivity index (χ3v) is 6.43. The monoisotopic (exact) mass is 420 g/mol. The lowest BCUT2D eigenvalue weighted by Crippen LogP contribution is -2.43. The van der Waals surface area contributed by atoms with Gasteiger partial charge in [-0.15, -0.1) is 0 Å². The van der Waals surface area contributed by atoms with Crippen molar-refractivity contribution in [1.29, 1.82) is 0 Å². The van der Waals surface area contributed by atoms with Gasteiger partial charge in [0.25, 0.3) is 5.91 Å². The zero-order valence-electron chi connectivity index (χ0n) is 17.2. The van der Waals surface area contributed by atoms with Gasteiger partial charge in [0.05, 0.1) is 10.9 Å². The Morgan fingerprint density at radius 1 is 1.13 bits per heavy atom. The van der Waals surface area contributed by atoms with Crippen LogP contribution in [-0.2, 0) is 9.59 Å². The minimum absolute atomic E-state index is 0.0734. The molecule has 2 aromatic rings. The first-order valence-corrected chi connectivity index (χ1v) is 11.0. The third kappa shape index (κ3) is 3.77. The Morgan fingerprint density at radius 3 is 2.57 bits per heavy atom. The number of rotatable bonds is 5. The number of hydrogen-bond donors (Lipinski definition) is 1. The Hall–Kier alpha value is -2.93. The lowest BCUT2D eigenvalue weighted by atomic mass is 10.00. The largest absolute Gasteiger partial charge is 0.325 e. The molecular formula is C23H24N4O2S. The van der Waals surface area contributed by atoms with Crippen molar-refractivity contribution >= 4 is 46.0 Å². The number of para-hydroxylation sites is 2. The molecule has 3 atom stereocenters. The fourth-order valence-corrected chi connectivity index (χ4v) is 4.33. The zero-order chi connectivity index (χ0) is 21.3. The van der Waals surface area contributed by atoms with Crippen molar-refractivity contribution in [3.8, 4) is 0 Å². The molecule has 3 unspecified atom stereocenters. The molecular weight excluding hydrogens is 396 g/mol. The first-order chi connectivity index (χ1) is 14.5. The Labute approximate surface area is 180 Å². The van der Waals surface area contributed by atoms with Gasteiger partial charge in [0.15, 0.2) is 5.17 Å². The van der Waals surface area contributed by atoms with Gasteiger partial charge in [0, 0.05) is 11.3 Å². The average molecular weight is 421 g/mol. The van der Waals surface area contributed by atoms with Crippen molar-refractivity contribution in [2.75, 3.05) is 5.32 Å². The molecule has 0 bridgehead atoms. The first kappa shape index (κ1) is 20.3. The highest BCUT2D eigenvalue weighted by molar-refractivity contribution is 8.15. The lowest BCUT2D eigenvalue weighted by Gasteiger charge is -2.27. The number of benzene rings is 2. The van der Waals surface area contributed by atoms with Crippen LogP contribution in [-0.4, -0.2) is 39.0 Å². The number of carbonyl (C=O) groups is 2. The van der Waals surface area contributed by atoms with Crippen molar-refractivity contribution < 1.29 is 9.59 Å². The summed E-state index contributed by atoms with van der Waals surface area (Å²) in [7, 11) is 0. The van der Waals surface area contributed by atoms with Crippen LogP contribution in [0.3, 0.4) is 0 Å². The van der Waals surface area contributed by atoms with E-state index < -0.39 is 11.3 Å². The fourth-order valence-electron chi connectivity index (χ4n) is 3.42. The summed E-state index contributed by atoms with van der Waals surface area (Å²) in [6, 6.07) is 16.6. The highest BCUT2D eigenvalue weighted by atomic mass is 32.2. The maximum absolute atomic E-state index is 13.2. The molecule has 0 saturated heterocycles. The SMILES string of the molecule is CCC(C)C1N=C2c3ccccc3N=C(SC(C)C(=O)Nc3ccccc3)N2C1=O. The number of thioether (sulfide) groups is 1. The van der Waals surface area contributed by atoms with Gasteiger partial charge in [-0.1, -0.05) is 62.4 Å². The smallest absolute Gasteiger partial charge is 0.259 e. The number of carbonyl (C=O) groups excluding carboxylic acids is 2. The minimum Gasteiger partial charge on any atom is -0.325 e. The van der Waals surface area contributed by atoms with Crippen LogP contribution in [0, 0.1) is 5.92 Å². The second-order valence-electron chi connectivity index (χ2n) is 7.48. The molecule has 2 aliphatic rings. The van der Waals surface area contributed by atoms with Crippen LogP contribution >= 0.6 is 11.8 Å². The molecule has 30 heavy (non-hydrogen) atoms. The fraction of sp³-hybridized carbons (Fsp3) is 0.304. The highest BCUT2D eigenvalue weighted by Crippen LogP contribution is 2.36. The van der Waals surface area contributed by atoms with Crippen LogP contribution in [0.1, 0.15) is 32.8 Å². The molecule has 2 aromatic carbocycles. The first-order valence-electron chi connectivity index (χ1n) is 10.1. The maximum atomic E-state index is 13.2. The van der Waals surface area contributed by atoms with E-state index in [1.165, 1.54) is 11.8 Å². The van der Waals surface area contributed by atoms with Gasteiger partial charge < -0.3 is 5.32 Å². The third-order valence-electron chi connectivity index (χ3n) is 5.37. The Bertz CT molecular complexity index is 1030. The van der Waals surface area contributed by atoms with Gasteiger partial charge >= 0.3 is 0 Å². The van der Waals surface area contributed by atoms with E-state index in [0.29, 0.717) is 11.0 Å². The number of nitrogens with zero attached hydrogens (tertiary/aromatic N) is 3. The van der Waals surface area contributed by atoms with Crippen LogP contribution in [0.15, 0.2) is 64.6 Å². The van der Waals surface area contributed by atoms with Gasteiger partial charge in [0.1, 0.15) is 11.9 Å². The summed E-state index contributed by atoms with van der Waals surface area (Å²) in [6.45, 7) is 5.91. The number of fused-ring (bicyclic) bond motifs is 3. The maximum Gasteiger partial charge on any atom is 0.259 e. The standard InChI is InChI=1S/C23H24N4O2S/c1-4-14(2)19-22(29)27-20(26-19)17-12-8-9-13-18(17)25-23(27)30-15(3)21(28)24-16-10-6-5-7-11-16/h5-15,19H,4H2,1-3H3,(H,24,28). The molecule has 2 amide bonds. The topological polar surface area (TPSA) is 74.1 Å². The van der Waals surface area contributed by atoms with Crippen LogP contribution < -0.4 is 5.32 Å². The molecule has 6 nitrogen and oxygen atoms in total. The second-order valence-corrected chi connectivity index (χ2v) is 8.79. The molecule has 154 valence electrons. The Morgan fingerprint density at radius 2 is 1.83 bits per heavy atom. The molecule has 7 heteroatoms. The molecule has 2 aliphatic heterocycles. The van der Waals surface area contributed by atoms with Crippen LogP contribution in [0.4, 0.5) is 11.4 Å². The molecule has 0 spiro atoms. The minimum atomic E-state index is -0.439. The molecule has 0 fully saturated rings. The van der Waals surface area contributed by atoms with Gasteiger partial charge in [-0.25, -0.2) is 9.89 Å².